The molecule has 1 aliphatic carbocycles. The van der Waals surface area contributed by atoms with Crippen LogP contribution in [0.25, 0.3) is 0 Å². The molecule has 1 saturated carbocycles. The Kier molecular flexibility index (Phi) is 3.83. The first-order valence-corrected chi connectivity index (χ1v) is 6.49. The van der Waals surface area contributed by atoms with Crippen LogP contribution in [0.4, 0.5) is 0 Å². The standard InChI is InChI=1S/C14H18N2O3/c1-8-3-4-11(9(8)2)16-13(17)10-5-6-15-12(7-10)14(18)19/h5-9,11H,3-4H2,1-2H3,(H,16,17)(H,18,19). The van der Waals surface area contributed by atoms with Crippen molar-refractivity contribution in [2.45, 2.75) is 32.7 Å². The van der Waals surface area contributed by atoms with Crippen LogP contribution in [0.1, 0.15) is 47.5 Å². The Labute approximate surface area is 112 Å². The summed E-state index contributed by atoms with van der Waals surface area (Å²) in [4.78, 5) is 26.6. The summed E-state index contributed by atoms with van der Waals surface area (Å²) in [6.07, 6.45) is 3.44. The number of aromatic nitrogens is 1. The predicted molar refractivity (Wildman–Crippen MR) is 70.0 cm³/mol. The van der Waals surface area contributed by atoms with Gasteiger partial charge in [-0.15, -0.1) is 0 Å². The quantitative estimate of drug-likeness (QED) is 0.872. The van der Waals surface area contributed by atoms with Crippen LogP contribution in [0.3, 0.4) is 0 Å². The molecule has 2 rings (SSSR count). The van der Waals surface area contributed by atoms with Gasteiger partial charge >= 0.3 is 5.97 Å². The van der Waals surface area contributed by atoms with Gasteiger partial charge in [0.25, 0.3) is 5.91 Å². The number of nitrogens with one attached hydrogen (secondary N) is 1. The second-order valence-corrected chi connectivity index (χ2v) is 5.23. The molecule has 0 bridgehead atoms. The summed E-state index contributed by atoms with van der Waals surface area (Å²) < 4.78 is 0. The molecule has 0 saturated heterocycles. The zero-order valence-corrected chi connectivity index (χ0v) is 11.1. The molecule has 1 heterocycles. The largest absolute Gasteiger partial charge is 0.477 e. The van der Waals surface area contributed by atoms with E-state index in [1.807, 2.05) is 0 Å². The van der Waals surface area contributed by atoms with E-state index in [1.54, 1.807) is 0 Å². The van der Waals surface area contributed by atoms with Crippen LogP contribution in [-0.2, 0) is 0 Å². The van der Waals surface area contributed by atoms with Crippen molar-refractivity contribution in [1.82, 2.24) is 10.3 Å². The van der Waals surface area contributed by atoms with E-state index in [0.29, 0.717) is 17.4 Å². The highest BCUT2D eigenvalue weighted by atomic mass is 16.4. The molecule has 0 radical (unpaired) electrons. The lowest BCUT2D eigenvalue weighted by molar-refractivity contribution is 0.0690. The Balaban J connectivity index is 2.08. The zero-order chi connectivity index (χ0) is 14.0. The molecule has 0 aliphatic heterocycles. The van der Waals surface area contributed by atoms with Gasteiger partial charge in [-0.1, -0.05) is 13.8 Å². The summed E-state index contributed by atoms with van der Waals surface area (Å²) in [7, 11) is 0. The summed E-state index contributed by atoms with van der Waals surface area (Å²) in [5, 5.41) is 11.8. The lowest BCUT2D eigenvalue weighted by Gasteiger charge is -2.19. The highest BCUT2D eigenvalue weighted by molar-refractivity contribution is 5.96. The summed E-state index contributed by atoms with van der Waals surface area (Å²) >= 11 is 0. The van der Waals surface area contributed by atoms with Crippen LogP contribution in [-0.4, -0.2) is 28.0 Å². The number of hydrogen-bond acceptors (Lipinski definition) is 3. The second-order valence-electron chi connectivity index (χ2n) is 5.23. The molecular weight excluding hydrogens is 244 g/mol. The minimum Gasteiger partial charge on any atom is -0.477 e. The number of carboxylic acid groups (broad SMARTS) is 1. The maximum Gasteiger partial charge on any atom is 0.354 e. The van der Waals surface area contributed by atoms with E-state index in [2.05, 4.69) is 24.1 Å². The fraction of sp³-hybridized carbons (Fsp3) is 0.500. The lowest BCUT2D eigenvalue weighted by Crippen LogP contribution is -2.37. The average molecular weight is 262 g/mol. The van der Waals surface area contributed by atoms with E-state index in [9.17, 15) is 9.59 Å². The van der Waals surface area contributed by atoms with Crippen LogP contribution in [0.2, 0.25) is 0 Å². The normalized spacial score (nSPS) is 26.1. The Hall–Kier alpha value is -1.91. The van der Waals surface area contributed by atoms with Crippen molar-refractivity contribution >= 4 is 11.9 Å². The molecule has 3 unspecified atom stereocenters. The van der Waals surface area contributed by atoms with Crippen molar-refractivity contribution < 1.29 is 14.7 Å². The van der Waals surface area contributed by atoms with Crippen molar-refractivity contribution in [2.24, 2.45) is 11.8 Å². The Morgan fingerprint density at radius 1 is 1.37 bits per heavy atom. The van der Waals surface area contributed by atoms with Crippen molar-refractivity contribution in [3.8, 4) is 0 Å². The van der Waals surface area contributed by atoms with E-state index < -0.39 is 5.97 Å². The van der Waals surface area contributed by atoms with Gasteiger partial charge in [-0.3, -0.25) is 4.79 Å². The van der Waals surface area contributed by atoms with Gasteiger partial charge < -0.3 is 10.4 Å². The van der Waals surface area contributed by atoms with Crippen LogP contribution < -0.4 is 5.32 Å². The number of aromatic carboxylic acids is 1. The van der Waals surface area contributed by atoms with E-state index in [1.165, 1.54) is 18.3 Å². The van der Waals surface area contributed by atoms with Crippen LogP contribution in [0, 0.1) is 11.8 Å². The molecule has 19 heavy (non-hydrogen) atoms. The third-order valence-corrected chi connectivity index (χ3v) is 4.02. The van der Waals surface area contributed by atoms with Crippen LogP contribution in [0.15, 0.2) is 18.3 Å². The van der Waals surface area contributed by atoms with Gasteiger partial charge in [-0.05, 0) is 36.8 Å². The van der Waals surface area contributed by atoms with Crippen LogP contribution in [0.5, 0.6) is 0 Å². The third kappa shape index (κ3) is 2.92. The Bertz CT molecular complexity index is 501. The molecule has 1 fully saturated rings. The minimum atomic E-state index is -1.13. The summed E-state index contributed by atoms with van der Waals surface area (Å²) in [5.41, 5.74) is 0.236. The molecule has 102 valence electrons. The fourth-order valence-electron chi connectivity index (χ4n) is 2.51. The molecule has 5 nitrogen and oxygen atoms in total. The number of nitrogens with zero attached hydrogens (tertiary/aromatic N) is 1. The molecule has 2 N–H and O–H groups in total. The van der Waals surface area contributed by atoms with Crippen LogP contribution >= 0.6 is 0 Å². The maximum absolute atomic E-state index is 12.1. The first-order valence-electron chi connectivity index (χ1n) is 6.49. The van der Waals surface area contributed by atoms with Crippen molar-refractivity contribution in [2.75, 3.05) is 0 Å². The predicted octanol–water partition coefficient (Wildman–Crippen LogP) is 1.94. The highest BCUT2D eigenvalue weighted by Crippen LogP contribution is 2.31. The number of rotatable bonds is 3. The van der Waals surface area contributed by atoms with E-state index in [-0.39, 0.29) is 17.6 Å². The zero-order valence-electron chi connectivity index (χ0n) is 11.1. The van der Waals surface area contributed by atoms with Gasteiger partial charge in [0.1, 0.15) is 5.69 Å². The fourth-order valence-corrected chi connectivity index (χ4v) is 2.51. The van der Waals surface area contributed by atoms with Gasteiger partial charge in [0.15, 0.2) is 0 Å². The summed E-state index contributed by atoms with van der Waals surface area (Å²) in [6, 6.07) is 3.01. The molecule has 1 aliphatic rings. The molecule has 0 spiro atoms. The molecule has 3 atom stereocenters. The monoisotopic (exact) mass is 262 g/mol. The summed E-state index contributed by atoms with van der Waals surface area (Å²) in [5.74, 6) is -0.296. The van der Waals surface area contributed by atoms with E-state index in [0.717, 1.165) is 12.8 Å². The average Bonchev–Trinajstić information content (AvgIpc) is 2.71. The molecule has 5 heteroatoms. The molecule has 0 aromatic carbocycles. The molecular formula is C14H18N2O3. The third-order valence-electron chi connectivity index (χ3n) is 4.02. The summed E-state index contributed by atoms with van der Waals surface area (Å²) in [6.45, 7) is 4.32. The van der Waals surface area contributed by atoms with Gasteiger partial charge in [0.05, 0.1) is 0 Å². The number of pyridine rings is 1. The van der Waals surface area contributed by atoms with Gasteiger partial charge in [-0.2, -0.15) is 0 Å². The molecule has 1 aromatic rings. The highest BCUT2D eigenvalue weighted by Gasteiger charge is 2.30. The van der Waals surface area contributed by atoms with Crippen molar-refractivity contribution in [3.05, 3.63) is 29.6 Å². The number of carbonyl (C=O) groups excluding carboxylic acids is 1. The van der Waals surface area contributed by atoms with E-state index in [4.69, 9.17) is 5.11 Å². The maximum atomic E-state index is 12.1. The van der Waals surface area contributed by atoms with Crippen molar-refractivity contribution in [1.29, 1.82) is 0 Å². The molecule has 1 aromatic heterocycles. The first kappa shape index (κ1) is 13.5. The second kappa shape index (κ2) is 5.38. The Morgan fingerprint density at radius 3 is 2.68 bits per heavy atom. The number of hydrogen-bond donors (Lipinski definition) is 2. The lowest BCUT2D eigenvalue weighted by atomic mass is 9.97. The number of amides is 1. The SMILES string of the molecule is CC1CCC(NC(=O)c2ccnc(C(=O)O)c2)C1C. The van der Waals surface area contributed by atoms with Gasteiger partial charge in [0, 0.05) is 17.8 Å². The van der Waals surface area contributed by atoms with Crippen molar-refractivity contribution in [3.63, 3.8) is 0 Å². The first-order chi connectivity index (χ1) is 8.99. The smallest absolute Gasteiger partial charge is 0.354 e. The number of carbonyl (C=O) groups is 2. The Morgan fingerprint density at radius 2 is 2.11 bits per heavy atom. The van der Waals surface area contributed by atoms with Gasteiger partial charge in [0.2, 0.25) is 0 Å². The topological polar surface area (TPSA) is 79.3 Å². The molecule has 1 amide bonds. The van der Waals surface area contributed by atoms with Gasteiger partial charge in [-0.25, -0.2) is 9.78 Å². The van der Waals surface area contributed by atoms with E-state index >= 15 is 0 Å². The number of carboxylic acids is 1. The minimum absolute atomic E-state index is 0.111.